The summed E-state index contributed by atoms with van der Waals surface area (Å²) in [4.78, 5) is 36.5. The van der Waals surface area contributed by atoms with Crippen molar-refractivity contribution in [3.63, 3.8) is 0 Å². The average molecular weight is 325 g/mol. The highest BCUT2D eigenvalue weighted by Crippen LogP contribution is 2.19. The van der Waals surface area contributed by atoms with Gasteiger partial charge in [-0.3, -0.25) is 14.4 Å². The maximum absolute atomic E-state index is 12.2. The predicted molar refractivity (Wildman–Crippen MR) is 87.7 cm³/mol. The van der Waals surface area contributed by atoms with Crippen LogP contribution in [0.3, 0.4) is 0 Å². The van der Waals surface area contributed by atoms with Crippen molar-refractivity contribution in [1.82, 2.24) is 5.32 Å². The summed E-state index contributed by atoms with van der Waals surface area (Å²) in [6.07, 6.45) is -0.202. The number of anilines is 2. The number of carbonyl (C=O) groups is 3. The van der Waals surface area contributed by atoms with E-state index in [-0.39, 0.29) is 12.2 Å². The number of hydrogen-bond donors (Lipinski definition) is 4. The Labute approximate surface area is 137 Å². The molecule has 0 spiro atoms. The van der Waals surface area contributed by atoms with Crippen LogP contribution in [0.5, 0.6) is 5.75 Å². The third-order valence-corrected chi connectivity index (χ3v) is 3.59. The summed E-state index contributed by atoms with van der Waals surface area (Å²) < 4.78 is 0. The van der Waals surface area contributed by atoms with E-state index < -0.39 is 23.8 Å². The van der Waals surface area contributed by atoms with Crippen molar-refractivity contribution in [3.8, 4) is 5.75 Å². The molecule has 7 heteroatoms. The molecule has 24 heavy (non-hydrogen) atoms. The van der Waals surface area contributed by atoms with Crippen LogP contribution in [0.15, 0.2) is 48.5 Å². The van der Waals surface area contributed by atoms with Crippen molar-refractivity contribution in [3.05, 3.63) is 54.1 Å². The van der Waals surface area contributed by atoms with Gasteiger partial charge in [0.05, 0.1) is 17.7 Å². The Hall–Kier alpha value is -3.35. The Morgan fingerprint density at radius 1 is 1.08 bits per heavy atom. The van der Waals surface area contributed by atoms with Crippen LogP contribution in [-0.2, 0) is 9.59 Å². The number of rotatable bonds is 3. The highest BCUT2D eigenvalue weighted by Gasteiger charge is 2.29. The lowest BCUT2D eigenvalue weighted by Gasteiger charge is -2.14. The Kier molecular flexibility index (Phi) is 4.15. The van der Waals surface area contributed by atoms with E-state index in [0.717, 1.165) is 0 Å². The van der Waals surface area contributed by atoms with Crippen molar-refractivity contribution in [2.24, 2.45) is 0 Å². The van der Waals surface area contributed by atoms with Gasteiger partial charge in [-0.05, 0) is 36.4 Å². The zero-order valence-corrected chi connectivity index (χ0v) is 12.6. The first kappa shape index (κ1) is 15.5. The van der Waals surface area contributed by atoms with E-state index in [4.69, 9.17) is 0 Å². The minimum absolute atomic E-state index is 0.0844. The molecule has 3 amide bonds. The molecule has 2 aromatic carbocycles. The molecule has 122 valence electrons. The zero-order chi connectivity index (χ0) is 17.1. The van der Waals surface area contributed by atoms with Gasteiger partial charge < -0.3 is 21.1 Å². The van der Waals surface area contributed by atoms with E-state index in [1.807, 2.05) is 0 Å². The number of phenols is 1. The van der Waals surface area contributed by atoms with Gasteiger partial charge in [0.2, 0.25) is 11.8 Å². The van der Waals surface area contributed by atoms with Crippen LogP contribution >= 0.6 is 0 Å². The van der Waals surface area contributed by atoms with Crippen LogP contribution in [0, 0.1) is 0 Å². The maximum Gasteiger partial charge on any atom is 0.254 e. The number of carbonyl (C=O) groups excluding carboxylic acids is 3. The van der Waals surface area contributed by atoms with Crippen molar-refractivity contribution >= 4 is 29.1 Å². The summed E-state index contributed by atoms with van der Waals surface area (Å²) in [5, 5.41) is 17.0. The lowest BCUT2D eigenvalue weighted by atomic mass is 10.1. The molecule has 1 aliphatic rings. The molecule has 1 atom stereocenters. The van der Waals surface area contributed by atoms with Crippen LogP contribution in [0.25, 0.3) is 0 Å². The first-order chi connectivity index (χ1) is 11.5. The molecule has 2 aromatic rings. The van der Waals surface area contributed by atoms with Crippen LogP contribution in [-0.4, -0.2) is 28.9 Å². The highest BCUT2D eigenvalue weighted by atomic mass is 16.3. The van der Waals surface area contributed by atoms with Gasteiger partial charge in [-0.1, -0.05) is 12.1 Å². The Balaban J connectivity index is 1.69. The summed E-state index contributed by atoms with van der Waals surface area (Å²) in [6, 6.07) is 11.6. The molecule has 0 aromatic heterocycles. The summed E-state index contributed by atoms with van der Waals surface area (Å²) in [5.41, 5.74) is 1.26. The molecule has 0 unspecified atom stereocenters. The lowest BCUT2D eigenvalue weighted by Crippen LogP contribution is -2.43. The third kappa shape index (κ3) is 3.35. The molecule has 0 aliphatic carbocycles. The van der Waals surface area contributed by atoms with Gasteiger partial charge in [0.1, 0.15) is 11.8 Å². The van der Waals surface area contributed by atoms with Crippen LogP contribution in [0.1, 0.15) is 16.8 Å². The molecule has 0 fully saturated rings. The van der Waals surface area contributed by atoms with E-state index in [1.165, 1.54) is 24.3 Å². The molecular formula is C17H15N3O4. The number of hydrogen-bond acceptors (Lipinski definition) is 4. The maximum atomic E-state index is 12.2. The van der Waals surface area contributed by atoms with Gasteiger partial charge in [-0.15, -0.1) is 0 Å². The monoisotopic (exact) mass is 325 g/mol. The van der Waals surface area contributed by atoms with E-state index in [0.29, 0.717) is 16.9 Å². The molecule has 1 aliphatic heterocycles. The molecule has 0 saturated heterocycles. The number of nitrogens with one attached hydrogen (secondary N) is 3. The summed E-state index contributed by atoms with van der Waals surface area (Å²) in [6.45, 7) is 0. The van der Waals surface area contributed by atoms with E-state index in [9.17, 15) is 19.5 Å². The normalized spacial score (nSPS) is 16.4. The fraction of sp³-hybridized carbons (Fsp3) is 0.118. The summed E-state index contributed by atoms with van der Waals surface area (Å²) in [7, 11) is 0. The molecular weight excluding hydrogens is 310 g/mol. The number of aromatic hydroxyl groups is 1. The fourth-order valence-electron chi connectivity index (χ4n) is 2.40. The standard InChI is InChI=1S/C17H15N3O4/c21-11-7-5-10(6-8-11)18-15(22)9-14-17(24)19-13-4-2-1-3-12(13)16(23)20-14/h1-8,14,21H,9H2,(H,18,22)(H,19,24)(H,20,23)/t14-/m1/s1. The first-order valence-electron chi connectivity index (χ1n) is 7.32. The minimum Gasteiger partial charge on any atom is -0.508 e. The molecule has 1 heterocycles. The summed E-state index contributed by atoms with van der Waals surface area (Å²) >= 11 is 0. The second-order valence-electron chi connectivity index (χ2n) is 5.36. The number of fused-ring (bicyclic) bond motifs is 1. The Morgan fingerprint density at radius 3 is 2.54 bits per heavy atom. The number of phenolic OH excluding ortho intramolecular Hbond substituents is 1. The highest BCUT2D eigenvalue weighted by molar-refractivity contribution is 6.11. The first-order valence-corrected chi connectivity index (χ1v) is 7.32. The topological polar surface area (TPSA) is 108 Å². The Morgan fingerprint density at radius 2 is 1.79 bits per heavy atom. The molecule has 7 nitrogen and oxygen atoms in total. The summed E-state index contributed by atoms with van der Waals surface area (Å²) in [5.74, 6) is -1.20. The molecule has 3 rings (SSSR count). The van der Waals surface area contributed by atoms with Gasteiger partial charge >= 0.3 is 0 Å². The SMILES string of the molecule is O=C(C[C@H]1NC(=O)c2ccccc2NC1=O)Nc1ccc(O)cc1. The quantitative estimate of drug-likeness (QED) is 0.641. The van der Waals surface area contributed by atoms with Gasteiger partial charge in [0, 0.05) is 5.69 Å². The average Bonchev–Trinajstić information content (AvgIpc) is 2.67. The molecule has 0 saturated carbocycles. The second-order valence-corrected chi connectivity index (χ2v) is 5.36. The Bertz CT molecular complexity index is 802. The van der Waals surface area contributed by atoms with Crippen molar-refractivity contribution < 1.29 is 19.5 Å². The van der Waals surface area contributed by atoms with E-state index in [1.54, 1.807) is 24.3 Å². The third-order valence-electron chi connectivity index (χ3n) is 3.59. The van der Waals surface area contributed by atoms with Gasteiger partial charge in [-0.2, -0.15) is 0 Å². The van der Waals surface area contributed by atoms with Crippen molar-refractivity contribution in [2.75, 3.05) is 10.6 Å². The largest absolute Gasteiger partial charge is 0.508 e. The minimum atomic E-state index is -0.970. The fourth-order valence-corrected chi connectivity index (χ4v) is 2.40. The second kappa shape index (κ2) is 6.41. The van der Waals surface area contributed by atoms with Crippen LogP contribution < -0.4 is 16.0 Å². The molecule has 4 N–H and O–H groups in total. The van der Waals surface area contributed by atoms with Crippen LogP contribution in [0.2, 0.25) is 0 Å². The van der Waals surface area contributed by atoms with E-state index >= 15 is 0 Å². The van der Waals surface area contributed by atoms with E-state index in [2.05, 4.69) is 16.0 Å². The number of para-hydroxylation sites is 1. The van der Waals surface area contributed by atoms with Gasteiger partial charge in [0.25, 0.3) is 5.91 Å². The van der Waals surface area contributed by atoms with Gasteiger partial charge in [0.15, 0.2) is 0 Å². The molecule has 0 bridgehead atoms. The molecule has 0 radical (unpaired) electrons. The van der Waals surface area contributed by atoms with Gasteiger partial charge in [-0.25, -0.2) is 0 Å². The predicted octanol–water partition coefficient (Wildman–Crippen LogP) is 1.47. The zero-order valence-electron chi connectivity index (χ0n) is 12.6. The lowest BCUT2D eigenvalue weighted by molar-refractivity contribution is -0.122. The smallest absolute Gasteiger partial charge is 0.254 e. The van der Waals surface area contributed by atoms with Crippen LogP contribution in [0.4, 0.5) is 11.4 Å². The number of amides is 3. The van der Waals surface area contributed by atoms with Crippen molar-refractivity contribution in [2.45, 2.75) is 12.5 Å². The number of benzene rings is 2. The van der Waals surface area contributed by atoms with Crippen molar-refractivity contribution in [1.29, 1.82) is 0 Å².